The van der Waals surface area contributed by atoms with Crippen molar-refractivity contribution in [3.05, 3.63) is 28.0 Å². The average molecular weight is 235 g/mol. The monoisotopic (exact) mass is 235 g/mol. The summed E-state index contributed by atoms with van der Waals surface area (Å²) < 4.78 is 0. The molecule has 3 nitrogen and oxygen atoms in total. The lowest BCUT2D eigenvalue weighted by Crippen LogP contribution is -2.20. The van der Waals surface area contributed by atoms with Gasteiger partial charge in [0.05, 0.1) is 6.42 Å². The highest BCUT2D eigenvalue weighted by Gasteiger charge is 2.28. The molecular formula is C12H13NO2S. The fraction of sp³-hybridized carbons (Fsp3) is 0.333. The van der Waals surface area contributed by atoms with Gasteiger partial charge in [-0.2, -0.15) is 0 Å². The maximum absolute atomic E-state index is 11.6. The number of thiophene rings is 1. The van der Waals surface area contributed by atoms with Gasteiger partial charge in [0.25, 0.3) is 5.91 Å². The third kappa shape index (κ3) is 1.93. The summed E-state index contributed by atoms with van der Waals surface area (Å²) in [4.78, 5) is 23.9. The predicted octanol–water partition coefficient (Wildman–Crippen LogP) is 2.20. The fourth-order valence-electron chi connectivity index (χ4n) is 1.92. The zero-order valence-electron chi connectivity index (χ0n) is 9.24. The lowest BCUT2D eigenvalue weighted by atomic mass is 9.95. The van der Waals surface area contributed by atoms with Crippen molar-refractivity contribution >= 4 is 28.7 Å². The molecule has 1 aliphatic heterocycles. The van der Waals surface area contributed by atoms with Gasteiger partial charge in [-0.15, -0.1) is 11.3 Å². The maximum atomic E-state index is 11.6. The van der Waals surface area contributed by atoms with Crippen molar-refractivity contribution in [2.24, 2.45) is 5.92 Å². The van der Waals surface area contributed by atoms with Crippen LogP contribution < -0.4 is 5.32 Å². The molecule has 2 rings (SSSR count). The zero-order chi connectivity index (χ0) is 11.7. The van der Waals surface area contributed by atoms with E-state index < -0.39 is 0 Å². The van der Waals surface area contributed by atoms with Crippen molar-refractivity contribution in [3.63, 3.8) is 0 Å². The lowest BCUT2D eigenvalue weighted by molar-refractivity contribution is -0.124. The van der Waals surface area contributed by atoms with Crippen LogP contribution in [0.2, 0.25) is 0 Å². The molecule has 2 amide bonds. The highest BCUT2D eigenvalue weighted by atomic mass is 32.1. The summed E-state index contributed by atoms with van der Waals surface area (Å²) in [7, 11) is 0. The number of amides is 2. The van der Waals surface area contributed by atoms with Crippen LogP contribution in [0, 0.1) is 5.92 Å². The standard InChI is InChI=1S/C12H13NO2S/c1-7(2)11(9-4-3-5-16-9)8-6-10(14)13-12(8)15/h3-5,7H,6H2,1-2H3,(H,13,14,15). The normalized spacial score (nSPS) is 19.2. The number of imide groups is 1. The molecular weight excluding hydrogens is 222 g/mol. The molecule has 1 aliphatic rings. The van der Waals surface area contributed by atoms with E-state index in [0.29, 0.717) is 5.57 Å². The number of nitrogens with one attached hydrogen (secondary N) is 1. The van der Waals surface area contributed by atoms with E-state index in [4.69, 9.17) is 0 Å². The van der Waals surface area contributed by atoms with E-state index in [1.807, 2.05) is 31.4 Å². The molecule has 0 unspecified atom stereocenters. The molecule has 0 aromatic carbocycles. The van der Waals surface area contributed by atoms with E-state index in [2.05, 4.69) is 5.32 Å². The molecule has 2 heterocycles. The molecule has 1 saturated heterocycles. The molecule has 4 heteroatoms. The van der Waals surface area contributed by atoms with Gasteiger partial charge in [-0.05, 0) is 22.9 Å². The molecule has 0 atom stereocenters. The van der Waals surface area contributed by atoms with Crippen LogP contribution in [-0.4, -0.2) is 11.8 Å². The Morgan fingerprint density at radius 2 is 2.19 bits per heavy atom. The van der Waals surface area contributed by atoms with Crippen LogP contribution in [0.4, 0.5) is 0 Å². The molecule has 84 valence electrons. The first-order valence-electron chi connectivity index (χ1n) is 5.20. The number of carbonyl (C=O) groups excluding carboxylic acids is 2. The third-order valence-corrected chi connectivity index (χ3v) is 3.46. The zero-order valence-corrected chi connectivity index (χ0v) is 10.1. The Balaban J connectivity index is 2.51. The summed E-state index contributed by atoms with van der Waals surface area (Å²) >= 11 is 1.60. The van der Waals surface area contributed by atoms with Crippen molar-refractivity contribution in [1.82, 2.24) is 5.32 Å². The topological polar surface area (TPSA) is 46.2 Å². The summed E-state index contributed by atoms with van der Waals surface area (Å²) in [5, 5.41) is 4.31. The first-order chi connectivity index (χ1) is 7.59. The highest BCUT2D eigenvalue weighted by molar-refractivity contribution is 7.11. The van der Waals surface area contributed by atoms with Gasteiger partial charge in [0.15, 0.2) is 0 Å². The van der Waals surface area contributed by atoms with Crippen LogP contribution in [0.25, 0.3) is 5.57 Å². The number of allylic oxidation sites excluding steroid dienone is 1. The molecule has 0 bridgehead atoms. The van der Waals surface area contributed by atoms with Gasteiger partial charge < -0.3 is 0 Å². The van der Waals surface area contributed by atoms with Crippen LogP contribution in [0.3, 0.4) is 0 Å². The molecule has 16 heavy (non-hydrogen) atoms. The molecule has 0 saturated carbocycles. The van der Waals surface area contributed by atoms with Gasteiger partial charge in [-0.3, -0.25) is 14.9 Å². The minimum Gasteiger partial charge on any atom is -0.292 e. The molecule has 1 aromatic heterocycles. The van der Waals surface area contributed by atoms with Crippen molar-refractivity contribution in [2.45, 2.75) is 20.3 Å². The van der Waals surface area contributed by atoms with E-state index in [0.717, 1.165) is 10.5 Å². The highest BCUT2D eigenvalue weighted by Crippen LogP contribution is 2.32. The largest absolute Gasteiger partial charge is 0.292 e. The third-order valence-electron chi connectivity index (χ3n) is 2.55. The van der Waals surface area contributed by atoms with Gasteiger partial charge in [-0.25, -0.2) is 0 Å². The number of hydrogen-bond acceptors (Lipinski definition) is 3. The molecule has 0 spiro atoms. The summed E-state index contributed by atoms with van der Waals surface area (Å²) in [5.74, 6) is -0.192. The second-order valence-corrected chi connectivity index (χ2v) is 5.03. The number of rotatable bonds is 2. The second-order valence-electron chi connectivity index (χ2n) is 4.08. The minimum absolute atomic E-state index is 0.199. The fourth-order valence-corrected chi connectivity index (χ4v) is 2.86. The van der Waals surface area contributed by atoms with Gasteiger partial charge in [-0.1, -0.05) is 19.9 Å². The Bertz CT molecular complexity index is 457. The summed E-state index contributed by atoms with van der Waals surface area (Å²) in [6, 6.07) is 3.95. The van der Waals surface area contributed by atoms with E-state index in [9.17, 15) is 9.59 Å². The summed E-state index contributed by atoms with van der Waals surface area (Å²) in [5.41, 5.74) is 1.63. The molecule has 0 radical (unpaired) electrons. The van der Waals surface area contributed by atoms with E-state index in [-0.39, 0.29) is 24.2 Å². The molecule has 1 aromatic rings. The lowest BCUT2D eigenvalue weighted by Gasteiger charge is -2.11. The van der Waals surface area contributed by atoms with Crippen molar-refractivity contribution in [2.75, 3.05) is 0 Å². The Labute approximate surface area is 98.2 Å². The van der Waals surface area contributed by atoms with E-state index in [1.165, 1.54) is 0 Å². The Kier molecular flexibility index (Phi) is 2.92. The Hall–Kier alpha value is -1.42. The van der Waals surface area contributed by atoms with Crippen LogP contribution in [0.15, 0.2) is 23.1 Å². The van der Waals surface area contributed by atoms with Crippen molar-refractivity contribution in [3.8, 4) is 0 Å². The van der Waals surface area contributed by atoms with Gasteiger partial charge >= 0.3 is 0 Å². The van der Waals surface area contributed by atoms with Gasteiger partial charge in [0, 0.05) is 10.5 Å². The molecule has 0 aliphatic carbocycles. The van der Waals surface area contributed by atoms with Gasteiger partial charge in [0.1, 0.15) is 0 Å². The summed E-state index contributed by atoms with van der Waals surface area (Å²) in [6.45, 7) is 4.08. The average Bonchev–Trinajstić information content (AvgIpc) is 2.78. The Morgan fingerprint density at radius 1 is 1.44 bits per heavy atom. The van der Waals surface area contributed by atoms with Crippen LogP contribution in [0.1, 0.15) is 25.1 Å². The van der Waals surface area contributed by atoms with E-state index >= 15 is 0 Å². The molecule has 1 fully saturated rings. The van der Waals surface area contributed by atoms with Crippen LogP contribution in [0.5, 0.6) is 0 Å². The SMILES string of the molecule is CC(C)C(=C1CC(=O)NC1=O)c1cccs1. The second kappa shape index (κ2) is 4.22. The van der Waals surface area contributed by atoms with E-state index in [1.54, 1.807) is 11.3 Å². The van der Waals surface area contributed by atoms with Gasteiger partial charge in [0.2, 0.25) is 5.91 Å². The molecule has 1 N–H and O–H groups in total. The first kappa shape index (κ1) is 11.1. The quantitative estimate of drug-likeness (QED) is 0.631. The predicted molar refractivity (Wildman–Crippen MR) is 63.8 cm³/mol. The number of carbonyl (C=O) groups is 2. The van der Waals surface area contributed by atoms with Crippen molar-refractivity contribution < 1.29 is 9.59 Å². The Morgan fingerprint density at radius 3 is 2.62 bits per heavy atom. The smallest absolute Gasteiger partial charge is 0.254 e. The minimum atomic E-state index is -0.234. The van der Waals surface area contributed by atoms with Crippen molar-refractivity contribution in [1.29, 1.82) is 0 Å². The summed E-state index contributed by atoms with van der Waals surface area (Å²) in [6.07, 6.45) is 0.213. The number of hydrogen-bond donors (Lipinski definition) is 1. The van der Waals surface area contributed by atoms with Crippen LogP contribution >= 0.6 is 11.3 Å². The maximum Gasteiger partial charge on any atom is 0.254 e. The van der Waals surface area contributed by atoms with Crippen LogP contribution in [-0.2, 0) is 9.59 Å². The first-order valence-corrected chi connectivity index (χ1v) is 6.08.